The molecule has 0 radical (unpaired) electrons. The van der Waals surface area contributed by atoms with Gasteiger partial charge < -0.3 is 9.72 Å². The Kier molecular flexibility index (Phi) is 3.60. The Hall–Kier alpha value is -2.76. The van der Waals surface area contributed by atoms with Crippen molar-refractivity contribution in [3.05, 3.63) is 59.7 Å². The van der Waals surface area contributed by atoms with Gasteiger partial charge in [-0.15, -0.1) is 0 Å². The molecule has 6 heteroatoms. The molecule has 0 atom stereocenters. The maximum absolute atomic E-state index is 12.8. The van der Waals surface area contributed by atoms with Gasteiger partial charge in [0.1, 0.15) is 0 Å². The van der Waals surface area contributed by atoms with Crippen molar-refractivity contribution in [3.63, 3.8) is 0 Å². The molecule has 2 aromatic carbocycles. The molecule has 0 aliphatic carbocycles. The van der Waals surface area contributed by atoms with Gasteiger partial charge in [0.15, 0.2) is 0 Å². The first-order chi connectivity index (χ1) is 10.9. The van der Waals surface area contributed by atoms with Crippen molar-refractivity contribution in [2.24, 2.45) is 0 Å². The van der Waals surface area contributed by atoms with Crippen LogP contribution in [-0.2, 0) is 10.9 Å². The number of aromatic amines is 1. The molecule has 0 aliphatic heterocycles. The third-order valence-corrected chi connectivity index (χ3v) is 3.54. The van der Waals surface area contributed by atoms with E-state index < -0.39 is 17.7 Å². The number of carbonyl (C=O) groups excluding carboxylic acids is 1. The quantitative estimate of drug-likeness (QED) is 0.699. The summed E-state index contributed by atoms with van der Waals surface area (Å²) in [5.41, 5.74) is 1.38. The van der Waals surface area contributed by atoms with E-state index in [2.05, 4.69) is 9.72 Å². The highest BCUT2D eigenvalue weighted by Crippen LogP contribution is 2.33. The van der Waals surface area contributed by atoms with Gasteiger partial charge >= 0.3 is 12.1 Å². The second kappa shape index (κ2) is 5.46. The number of ether oxygens (including phenoxy) is 1. The van der Waals surface area contributed by atoms with E-state index in [1.54, 1.807) is 30.3 Å². The molecule has 0 aliphatic rings. The number of carbonyl (C=O) groups is 1. The molecule has 3 aromatic rings. The van der Waals surface area contributed by atoms with Crippen LogP contribution in [0, 0.1) is 0 Å². The minimum absolute atomic E-state index is 0.384. The average Bonchev–Trinajstić information content (AvgIpc) is 2.96. The predicted molar refractivity (Wildman–Crippen MR) is 80.1 cm³/mol. The van der Waals surface area contributed by atoms with Gasteiger partial charge in [-0.05, 0) is 42.0 Å². The van der Waals surface area contributed by atoms with Gasteiger partial charge in [0, 0.05) is 16.6 Å². The van der Waals surface area contributed by atoms with Gasteiger partial charge in [-0.25, -0.2) is 4.79 Å². The summed E-state index contributed by atoms with van der Waals surface area (Å²) in [6, 6.07) is 11.7. The van der Waals surface area contributed by atoms with Crippen LogP contribution in [0.25, 0.3) is 22.2 Å². The predicted octanol–water partition coefficient (Wildman–Crippen LogP) is 4.64. The summed E-state index contributed by atoms with van der Waals surface area (Å²) < 4.78 is 43.1. The molecular formula is C17H12F3NO2. The monoisotopic (exact) mass is 319 g/mol. The number of H-pyrrole nitrogens is 1. The number of halogens is 3. The summed E-state index contributed by atoms with van der Waals surface area (Å²) in [7, 11) is 1.29. The van der Waals surface area contributed by atoms with Crippen LogP contribution < -0.4 is 0 Å². The van der Waals surface area contributed by atoms with E-state index >= 15 is 0 Å². The van der Waals surface area contributed by atoms with Crippen LogP contribution in [0.15, 0.2) is 48.5 Å². The fourth-order valence-electron chi connectivity index (χ4n) is 2.40. The number of hydrogen-bond acceptors (Lipinski definition) is 2. The van der Waals surface area contributed by atoms with E-state index in [4.69, 9.17) is 0 Å². The van der Waals surface area contributed by atoms with Gasteiger partial charge in [0.05, 0.1) is 18.2 Å². The summed E-state index contributed by atoms with van der Waals surface area (Å²) in [5, 5.41) is 0.723. The largest absolute Gasteiger partial charge is 0.465 e. The van der Waals surface area contributed by atoms with Crippen molar-refractivity contribution in [2.75, 3.05) is 7.11 Å². The molecule has 0 spiro atoms. The van der Waals surface area contributed by atoms with Crippen molar-refractivity contribution < 1.29 is 22.7 Å². The van der Waals surface area contributed by atoms with Gasteiger partial charge in [-0.3, -0.25) is 0 Å². The molecule has 1 aromatic heterocycles. The maximum Gasteiger partial charge on any atom is 0.416 e. The van der Waals surface area contributed by atoms with Crippen molar-refractivity contribution in [3.8, 4) is 11.3 Å². The molecule has 0 bridgehead atoms. The van der Waals surface area contributed by atoms with Gasteiger partial charge in [-0.2, -0.15) is 13.2 Å². The molecule has 0 saturated heterocycles. The summed E-state index contributed by atoms with van der Waals surface area (Å²) >= 11 is 0. The van der Waals surface area contributed by atoms with Crippen LogP contribution in [-0.4, -0.2) is 18.1 Å². The lowest BCUT2D eigenvalue weighted by molar-refractivity contribution is -0.137. The summed E-state index contributed by atoms with van der Waals surface area (Å²) in [6.07, 6.45) is -4.39. The van der Waals surface area contributed by atoms with Crippen LogP contribution in [0.5, 0.6) is 0 Å². The summed E-state index contributed by atoms with van der Waals surface area (Å²) in [4.78, 5) is 14.6. The lowest BCUT2D eigenvalue weighted by Crippen LogP contribution is -2.04. The zero-order chi connectivity index (χ0) is 16.6. The molecule has 0 unspecified atom stereocenters. The minimum Gasteiger partial charge on any atom is -0.465 e. The molecule has 1 N–H and O–H groups in total. The highest BCUT2D eigenvalue weighted by atomic mass is 19.4. The van der Waals surface area contributed by atoms with Crippen molar-refractivity contribution in [1.82, 2.24) is 4.98 Å². The topological polar surface area (TPSA) is 42.1 Å². The average molecular weight is 319 g/mol. The van der Waals surface area contributed by atoms with Crippen LogP contribution in [0.2, 0.25) is 0 Å². The SMILES string of the molecule is COC(=O)c1ccc2[nH]c(-c3cccc(C(F)(F)F)c3)cc2c1. The first-order valence-corrected chi connectivity index (χ1v) is 6.77. The van der Waals surface area contributed by atoms with Gasteiger partial charge in [0.2, 0.25) is 0 Å². The zero-order valence-corrected chi connectivity index (χ0v) is 12.1. The third kappa shape index (κ3) is 2.92. The van der Waals surface area contributed by atoms with Crippen LogP contribution in [0.4, 0.5) is 13.2 Å². The molecule has 0 fully saturated rings. The maximum atomic E-state index is 12.8. The first-order valence-electron chi connectivity index (χ1n) is 6.77. The van der Waals surface area contributed by atoms with E-state index in [0.29, 0.717) is 16.8 Å². The van der Waals surface area contributed by atoms with Crippen LogP contribution in [0.3, 0.4) is 0 Å². The van der Waals surface area contributed by atoms with Crippen LogP contribution >= 0.6 is 0 Å². The van der Waals surface area contributed by atoms with E-state index in [0.717, 1.165) is 23.0 Å². The Morgan fingerprint density at radius 2 is 1.87 bits per heavy atom. The van der Waals surface area contributed by atoms with E-state index in [-0.39, 0.29) is 0 Å². The van der Waals surface area contributed by atoms with Crippen molar-refractivity contribution in [1.29, 1.82) is 0 Å². The Balaban J connectivity index is 2.05. The molecule has 118 valence electrons. The molecule has 1 heterocycles. The number of methoxy groups -OCH3 is 1. The second-order valence-corrected chi connectivity index (χ2v) is 5.06. The highest BCUT2D eigenvalue weighted by Gasteiger charge is 2.30. The molecule has 23 heavy (non-hydrogen) atoms. The number of hydrogen-bond donors (Lipinski definition) is 1. The minimum atomic E-state index is -4.39. The molecule has 0 saturated carbocycles. The van der Waals surface area contributed by atoms with Crippen molar-refractivity contribution >= 4 is 16.9 Å². The smallest absolute Gasteiger partial charge is 0.416 e. The summed E-state index contributed by atoms with van der Waals surface area (Å²) in [6.45, 7) is 0. The fourth-order valence-corrected chi connectivity index (χ4v) is 2.40. The first kappa shape index (κ1) is 15.1. The van der Waals surface area contributed by atoms with Crippen LogP contribution in [0.1, 0.15) is 15.9 Å². The number of alkyl halides is 3. The fraction of sp³-hybridized carbons (Fsp3) is 0.118. The third-order valence-electron chi connectivity index (χ3n) is 3.54. The normalized spacial score (nSPS) is 11.7. The summed E-state index contributed by atoms with van der Waals surface area (Å²) in [5.74, 6) is -0.464. The zero-order valence-electron chi connectivity index (χ0n) is 12.1. The molecular weight excluding hydrogens is 307 g/mol. The number of aromatic nitrogens is 1. The lowest BCUT2D eigenvalue weighted by Gasteiger charge is -2.07. The standard InChI is InChI=1S/C17H12F3NO2/c1-23-16(22)11-5-6-14-12(7-11)9-15(21-14)10-3-2-4-13(8-10)17(18,19)20/h2-9,21H,1H3. The molecule has 0 amide bonds. The van der Waals surface area contributed by atoms with E-state index in [1.807, 2.05) is 0 Å². The number of rotatable bonds is 2. The van der Waals surface area contributed by atoms with E-state index in [1.165, 1.54) is 13.2 Å². The number of fused-ring (bicyclic) bond motifs is 1. The molecule has 3 nitrogen and oxygen atoms in total. The highest BCUT2D eigenvalue weighted by molar-refractivity contribution is 5.96. The Morgan fingerprint density at radius 3 is 2.57 bits per heavy atom. The number of benzene rings is 2. The Morgan fingerprint density at radius 1 is 1.09 bits per heavy atom. The number of esters is 1. The molecule has 3 rings (SSSR count). The van der Waals surface area contributed by atoms with Gasteiger partial charge in [-0.1, -0.05) is 12.1 Å². The Bertz CT molecular complexity index is 881. The number of nitrogens with one attached hydrogen (secondary N) is 1. The lowest BCUT2D eigenvalue weighted by atomic mass is 10.1. The Labute approximate surface area is 129 Å². The van der Waals surface area contributed by atoms with Crippen molar-refractivity contribution in [2.45, 2.75) is 6.18 Å². The van der Waals surface area contributed by atoms with E-state index in [9.17, 15) is 18.0 Å². The second-order valence-electron chi connectivity index (χ2n) is 5.06. The van der Waals surface area contributed by atoms with Gasteiger partial charge in [0.25, 0.3) is 0 Å².